The molecule has 1 saturated heterocycles. The summed E-state index contributed by atoms with van der Waals surface area (Å²) in [6.45, 7) is 5.67. The summed E-state index contributed by atoms with van der Waals surface area (Å²) in [5, 5.41) is 2.41. The Balaban J connectivity index is 1.59. The van der Waals surface area contributed by atoms with E-state index in [1.807, 2.05) is 31.2 Å². The number of halogens is 1. The normalized spacial score (nSPS) is 15.7. The van der Waals surface area contributed by atoms with E-state index in [1.54, 1.807) is 32.1 Å². The van der Waals surface area contributed by atoms with Gasteiger partial charge in [-0.2, -0.15) is 0 Å². The Labute approximate surface area is 179 Å². The molecule has 1 fully saturated rings. The lowest BCUT2D eigenvalue weighted by molar-refractivity contribution is -0.126. The molecule has 0 radical (unpaired) electrons. The number of nitrogens with one attached hydrogen (secondary N) is 1. The zero-order chi connectivity index (χ0) is 21.9. The maximum atomic E-state index is 13.1. The second-order valence-electron chi connectivity index (χ2n) is 7.63. The van der Waals surface area contributed by atoms with Crippen LogP contribution in [0.4, 0.5) is 9.18 Å². The van der Waals surface area contributed by atoms with Gasteiger partial charge in [-0.05, 0) is 61.9 Å². The van der Waals surface area contributed by atoms with Gasteiger partial charge >= 0.3 is 0 Å². The summed E-state index contributed by atoms with van der Waals surface area (Å²) in [6, 6.07) is 13.4. The first-order valence-corrected chi connectivity index (χ1v) is 10.4. The Morgan fingerprint density at radius 3 is 2.37 bits per heavy atom. The zero-order valence-corrected chi connectivity index (χ0v) is 17.9. The van der Waals surface area contributed by atoms with Crippen LogP contribution >= 0.6 is 11.8 Å². The first-order valence-electron chi connectivity index (χ1n) is 9.55. The molecule has 5 nitrogen and oxygen atoms in total. The number of carbonyl (C=O) groups excluding carboxylic acids is 3. The van der Waals surface area contributed by atoms with Crippen molar-refractivity contribution >= 4 is 34.9 Å². The van der Waals surface area contributed by atoms with Crippen molar-refractivity contribution in [1.82, 2.24) is 10.2 Å². The number of nitrogens with zero attached hydrogens (tertiary/aromatic N) is 1. The second-order valence-corrected chi connectivity index (χ2v) is 8.63. The highest BCUT2D eigenvalue weighted by atomic mass is 32.2. The van der Waals surface area contributed by atoms with Gasteiger partial charge in [0.25, 0.3) is 11.1 Å². The summed E-state index contributed by atoms with van der Waals surface area (Å²) in [6.07, 6.45) is 1.70. The topological polar surface area (TPSA) is 66.5 Å². The first kappa shape index (κ1) is 21.8. The van der Waals surface area contributed by atoms with E-state index in [1.165, 1.54) is 12.1 Å². The van der Waals surface area contributed by atoms with E-state index in [4.69, 9.17) is 0 Å². The van der Waals surface area contributed by atoms with Gasteiger partial charge < -0.3 is 5.32 Å². The van der Waals surface area contributed by atoms with Gasteiger partial charge in [0.15, 0.2) is 0 Å². The third-order valence-corrected chi connectivity index (χ3v) is 5.91. The maximum Gasteiger partial charge on any atom is 0.293 e. The Morgan fingerprint density at radius 2 is 1.73 bits per heavy atom. The molecule has 0 spiro atoms. The van der Waals surface area contributed by atoms with Crippen LogP contribution < -0.4 is 5.32 Å². The molecule has 0 saturated carbocycles. The van der Waals surface area contributed by atoms with Crippen LogP contribution in [0.1, 0.15) is 30.5 Å². The Kier molecular flexibility index (Phi) is 6.41. The quantitative estimate of drug-likeness (QED) is 0.701. The van der Waals surface area contributed by atoms with Gasteiger partial charge in [-0.15, -0.1) is 0 Å². The molecule has 0 aliphatic carbocycles. The average Bonchev–Trinajstić information content (AvgIpc) is 2.97. The summed E-state index contributed by atoms with van der Waals surface area (Å²) >= 11 is 0.894. The highest BCUT2D eigenvalue weighted by Gasteiger charge is 2.35. The van der Waals surface area contributed by atoms with Crippen LogP contribution in [0.2, 0.25) is 0 Å². The lowest BCUT2D eigenvalue weighted by atomic mass is 9.84. The van der Waals surface area contributed by atoms with Crippen molar-refractivity contribution < 1.29 is 18.8 Å². The summed E-state index contributed by atoms with van der Waals surface area (Å²) in [5.41, 5.74) is 1.76. The molecule has 2 aromatic rings. The molecule has 2 aromatic carbocycles. The van der Waals surface area contributed by atoms with Crippen LogP contribution in [0.15, 0.2) is 53.4 Å². The van der Waals surface area contributed by atoms with Gasteiger partial charge in [0.1, 0.15) is 5.82 Å². The standard InChI is InChI=1S/C23H23FN2O3S/c1-15-4-6-16(7-5-15)14-19-20(27)26(22(29)30-19)13-12-25-21(28)23(2,3)17-8-10-18(24)11-9-17/h4-11,14H,12-13H2,1-3H3,(H,25,28). The van der Waals surface area contributed by atoms with Crippen molar-refractivity contribution in [3.63, 3.8) is 0 Å². The number of imide groups is 1. The van der Waals surface area contributed by atoms with Gasteiger partial charge in [0.2, 0.25) is 5.91 Å². The van der Waals surface area contributed by atoms with E-state index in [2.05, 4.69) is 5.32 Å². The molecule has 0 aromatic heterocycles. The van der Waals surface area contributed by atoms with Crippen LogP contribution in [0.25, 0.3) is 6.08 Å². The Hall–Kier alpha value is -2.93. The van der Waals surface area contributed by atoms with Crippen molar-refractivity contribution in [1.29, 1.82) is 0 Å². The Morgan fingerprint density at radius 1 is 1.10 bits per heavy atom. The van der Waals surface area contributed by atoms with Gasteiger partial charge in [0, 0.05) is 13.1 Å². The number of thioether (sulfide) groups is 1. The van der Waals surface area contributed by atoms with E-state index in [0.29, 0.717) is 10.5 Å². The summed E-state index contributed by atoms with van der Waals surface area (Å²) in [7, 11) is 0. The monoisotopic (exact) mass is 426 g/mol. The molecule has 3 amide bonds. The van der Waals surface area contributed by atoms with E-state index in [0.717, 1.165) is 27.8 Å². The number of hydrogen-bond acceptors (Lipinski definition) is 4. The fraction of sp³-hybridized carbons (Fsp3) is 0.261. The Bertz CT molecular complexity index is 998. The number of rotatable bonds is 6. The van der Waals surface area contributed by atoms with Crippen molar-refractivity contribution in [2.45, 2.75) is 26.2 Å². The van der Waals surface area contributed by atoms with Crippen molar-refractivity contribution in [2.75, 3.05) is 13.1 Å². The molecule has 1 heterocycles. The summed E-state index contributed by atoms with van der Waals surface area (Å²) < 4.78 is 13.1. The van der Waals surface area contributed by atoms with Crippen LogP contribution in [-0.2, 0) is 15.0 Å². The molecule has 1 aliphatic rings. The molecule has 7 heteroatoms. The molecular formula is C23H23FN2O3S. The molecule has 1 aliphatic heterocycles. The minimum Gasteiger partial charge on any atom is -0.354 e. The summed E-state index contributed by atoms with van der Waals surface area (Å²) in [5.74, 6) is -0.998. The zero-order valence-electron chi connectivity index (χ0n) is 17.1. The second kappa shape index (κ2) is 8.83. The first-order chi connectivity index (χ1) is 14.2. The fourth-order valence-corrected chi connectivity index (χ4v) is 3.87. The molecule has 30 heavy (non-hydrogen) atoms. The van der Waals surface area contributed by atoms with E-state index < -0.39 is 5.41 Å². The number of benzene rings is 2. The van der Waals surface area contributed by atoms with Crippen LogP contribution in [0.3, 0.4) is 0 Å². The molecule has 3 rings (SSSR count). The van der Waals surface area contributed by atoms with E-state index in [-0.39, 0.29) is 36.0 Å². The number of amides is 3. The van der Waals surface area contributed by atoms with Crippen molar-refractivity contribution in [3.8, 4) is 0 Å². The highest BCUT2D eigenvalue weighted by molar-refractivity contribution is 8.18. The molecule has 156 valence electrons. The van der Waals surface area contributed by atoms with E-state index in [9.17, 15) is 18.8 Å². The van der Waals surface area contributed by atoms with Gasteiger partial charge in [-0.3, -0.25) is 19.3 Å². The van der Waals surface area contributed by atoms with Gasteiger partial charge in [-0.25, -0.2) is 4.39 Å². The minimum absolute atomic E-state index is 0.0845. The van der Waals surface area contributed by atoms with Crippen LogP contribution in [0, 0.1) is 12.7 Å². The smallest absolute Gasteiger partial charge is 0.293 e. The molecule has 0 atom stereocenters. The number of hydrogen-bond donors (Lipinski definition) is 1. The predicted octanol–water partition coefficient (Wildman–Crippen LogP) is 4.26. The predicted molar refractivity (Wildman–Crippen MR) is 116 cm³/mol. The highest BCUT2D eigenvalue weighted by Crippen LogP contribution is 2.32. The third-order valence-electron chi connectivity index (χ3n) is 5.00. The van der Waals surface area contributed by atoms with Gasteiger partial charge in [-0.1, -0.05) is 42.0 Å². The molecule has 0 unspecified atom stereocenters. The largest absolute Gasteiger partial charge is 0.354 e. The average molecular weight is 427 g/mol. The SMILES string of the molecule is Cc1ccc(C=C2SC(=O)N(CCNC(=O)C(C)(C)c3ccc(F)cc3)C2=O)cc1. The third kappa shape index (κ3) is 4.79. The minimum atomic E-state index is -0.877. The molecule has 1 N–H and O–H groups in total. The summed E-state index contributed by atoms with van der Waals surface area (Å²) in [4.78, 5) is 38.9. The lowest BCUT2D eigenvalue weighted by Gasteiger charge is -2.24. The van der Waals surface area contributed by atoms with E-state index >= 15 is 0 Å². The number of carbonyl (C=O) groups is 3. The number of aryl methyl sites for hydroxylation is 1. The molecular weight excluding hydrogens is 403 g/mol. The van der Waals surface area contributed by atoms with Crippen molar-refractivity contribution in [3.05, 3.63) is 75.9 Å². The van der Waals surface area contributed by atoms with Crippen LogP contribution in [-0.4, -0.2) is 35.0 Å². The van der Waals surface area contributed by atoms with Gasteiger partial charge in [0.05, 0.1) is 10.3 Å². The fourth-order valence-electron chi connectivity index (χ4n) is 3.01. The van der Waals surface area contributed by atoms with Crippen LogP contribution in [0.5, 0.6) is 0 Å². The lowest BCUT2D eigenvalue weighted by Crippen LogP contribution is -2.44. The maximum absolute atomic E-state index is 13.1. The molecule has 0 bridgehead atoms. The van der Waals surface area contributed by atoms with Crippen molar-refractivity contribution in [2.24, 2.45) is 0 Å².